The van der Waals surface area contributed by atoms with Gasteiger partial charge in [0.15, 0.2) is 11.6 Å². The average molecular weight is 1230 g/mol. The van der Waals surface area contributed by atoms with E-state index in [1.165, 1.54) is 61.0 Å². The number of nitrogens with zero attached hydrogens (tertiary/aromatic N) is 7. The molecule has 0 spiro atoms. The maximum atomic E-state index is 5.74. The predicted molar refractivity (Wildman–Crippen MR) is 401 cm³/mol. The smallest absolute Gasteiger partial charge is 0.252 e. The Morgan fingerprint density at radius 1 is 0.281 bits per heavy atom. The molecule has 0 N–H and O–H groups in total. The molecule has 0 unspecified atom stereocenters. The van der Waals surface area contributed by atoms with Crippen molar-refractivity contribution in [1.82, 2.24) is 24.5 Å². The second-order valence-electron chi connectivity index (χ2n) is 27.4. The van der Waals surface area contributed by atoms with Crippen LogP contribution in [-0.2, 0) is 10.8 Å². The van der Waals surface area contributed by atoms with E-state index in [1.807, 2.05) is 24.3 Å². The lowest BCUT2D eigenvalue weighted by atomic mass is 9.33. The molecule has 0 atom stereocenters. The maximum absolute atomic E-state index is 5.74. The summed E-state index contributed by atoms with van der Waals surface area (Å²) >= 11 is 0. The minimum atomic E-state index is -0.0640. The zero-order chi connectivity index (χ0) is 64.8. The van der Waals surface area contributed by atoms with Gasteiger partial charge in [0.05, 0.1) is 39.5 Å². The monoisotopic (exact) mass is 1230 g/mol. The van der Waals surface area contributed by atoms with Crippen molar-refractivity contribution in [3.63, 3.8) is 0 Å². The van der Waals surface area contributed by atoms with E-state index in [1.54, 1.807) is 0 Å². The largest absolute Gasteiger partial charge is 0.311 e. The van der Waals surface area contributed by atoms with Crippen LogP contribution in [0.2, 0.25) is 0 Å². The van der Waals surface area contributed by atoms with Crippen molar-refractivity contribution in [2.75, 3.05) is 9.80 Å². The molecule has 96 heavy (non-hydrogen) atoms. The van der Waals surface area contributed by atoms with Crippen LogP contribution in [0.25, 0.3) is 106 Å². The molecule has 8 heteroatoms. The van der Waals surface area contributed by atoms with E-state index in [0.29, 0.717) is 11.6 Å². The van der Waals surface area contributed by atoms with Crippen LogP contribution >= 0.6 is 0 Å². The Morgan fingerprint density at radius 2 is 0.698 bits per heavy atom. The van der Waals surface area contributed by atoms with Crippen molar-refractivity contribution in [3.05, 3.63) is 314 Å². The van der Waals surface area contributed by atoms with Gasteiger partial charge in [-0.2, -0.15) is 0 Å². The quantitative estimate of drug-likeness (QED) is 0.127. The highest BCUT2D eigenvalue weighted by molar-refractivity contribution is 7.00. The molecule has 12 aromatic carbocycles. The molecule has 7 nitrogen and oxygen atoms in total. The summed E-state index contributed by atoms with van der Waals surface area (Å²) in [5.41, 5.74) is 27.6. The van der Waals surface area contributed by atoms with Gasteiger partial charge in [0.2, 0.25) is 0 Å². The summed E-state index contributed by atoms with van der Waals surface area (Å²) in [4.78, 5) is 26.7. The Hall–Kier alpha value is -11.7. The van der Waals surface area contributed by atoms with Crippen LogP contribution in [0.4, 0.5) is 34.1 Å². The Balaban J connectivity index is 0.826. The lowest BCUT2D eigenvalue weighted by Gasteiger charge is -2.44. The first-order chi connectivity index (χ1) is 46.9. The third-order valence-corrected chi connectivity index (χ3v) is 19.3. The van der Waals surface area contributed by atoms with Crippen LogP contribution in [0.5, 0.6) is 0 Å². The molecule has 15 aromatic rings. The van der Waals surface area contributed by atoms with E-state index >= 15 is 0 Å². The van der Waals surface area contributed by atoms with Gasteiger partial charge in [0.1, 0.15) is 0 Å². The number of rotatable bonds is 10. The van der Waals surface area contributed by atoms with Crippen LogP contribution in [-0.4, -0.2) is 31.2 Å². The highest BCUT2D eigenvalue weighted by Gasteiger charge is 2.43. The second-order valence-corrected chi connectivity index (χ2v) is 27.4. The SMILES string of the molecule is CC(C)(C)c1ccc2c(c1)c1cc(C(C)(C)C)ccc1n2-c1ccc(-c2cc(-c3ccccc3)nc(-c3ccccc3)n2)cc1-c1cc(-c2ccccc2)nc(-c2cccc(-c3ccc(N4c5ccccc5B5c6ccccc6N(c6ccccc6)c6cccc4c65)cc3)c2)n1. The highest BCUT2D eigenvalue weighted by atomic mass is 15.2. The Kier molecular flexibility index (Phi) is 14.0. The number of fused-ring (bicyclic) bond motifs is 7. The van der Waals surface area contributed by atoms with E-state index in [2.05, 4.69) is 335 Å². The predicted octanol–water partition coefficient (Wildman–Crippen LogP) is 20.7. The van der Waals surface area contributed by atoms with Crippen molar-refractivity contribution in [2.45, 2.75) is 52.4 Å². The molecule has 3 aromatic heterocycles. The lowest BCUT2D eigenvalue weighted by molar-refractivity contribution is 0.590. The molecule has 0 amide bonds. The van der Waals surface area contributed by atoms with Gasteiger partial charge in [0.25, 0.3) is 6.71 Å². The molecule has 0 aliphatic carbocycles. The zero-order valence-electron chi connectivity index (χ0n) is 54.6. The van der Waals surface area contributed by atoms with E-state index in [4.69, 9.17) is 19.9 Å². The maximum Gasteiger partial charge on any atom is 0.252 e. The van der Waals surface area contributed by atoms with E-state index in [0.717, 1.165) is 95.4 Å². The van der Waals surface area contributed by atoms with Gasteiger partial charge in [0, 0.05) is 78.3 Å². The summed E-state index contributed by atoms with van der Waals surface area (Å²) in [6.45, 7) is 13.8. The van der Waals surface area contributed by atoms with Gasteiger partial charge in [-0.1, -0.05) is 242 Å². The van der Waals surface area contributed by atoms with Gasteiger partial charge < -0.3 is 14.4 Å². The third kappa shape index (κ3) is 10.2. The third-order valence-electron chi connectivity index (χ3n) is 19.3. The number of benzene rings is 12. The fourth-order valence-electron chi connectivity index (χ4n) is 14.5. The molecule has 0 fully saturated rings. The summed E-state index contributed by atoms with van der Waals surface area (Å²) in [6.07, 6.45) is 0. The molecule has 0 bridgehead atoms. The van der Waals surface area contributed by atoms with Crippen molar-refractivity contribution in [1.29, 1.82) is 0 Å². The average Bonchev–Trinajstić information content (AvgIpc) is 0.846. The van der Waals surface area contributed by atoms with E-state index in [9.17, 15) is 0 Å². The van der Waals surface area contributed by atoms with Gasteiger partial charge in [-0.05, 0) is 153 Å². The number of aromatic nitrogens is 5. The molecule has 2 aliphatic rings. The summed E-state index contributed by atoms with van der Waals surface area (Å²) in [5.74, 6) is 1.27. The van der Waals surface area contributed by atoms with Crippen molar-refractivity contribution >= 4 is 79.0 Å². The zero-order valence-corrected chi connectivity index (χ0v) is 54.6. The summed E-state index contributed by atoms with van der Waals surface area (Å²) in [7, 11) is 0. The van der Waals surface area contributed by atoms with Crippen LogP contribution in [0.3, 0.4) is 0 Å². The Bertz CT molecular complexity index is 5370. The molecule has 5 heterocycles. The molecule has 0 saturated heterocycles. The second kappa shape index (κ2) is 23.1. The summed E-state index contributed by atoms with van der Waals surface area (Å²) < 4.78 is 2.45. The van der Waals surface area contributed by atoms with Crippen molar-refractivity contribution in [2.24, 2.45) is 0 Å². The molecule has 2 aliphatic heterocycles. The first-order valence-electron chi connectivity index (χ1n) is 33.2. The summed E-state index contributed by atoms with van der Waals surface area (Å²) in [6, 6.07) is 109. The van der Waals surface area contributed by atoms with Gasteiger partial charge in [-0.15, -0.1) is 0 Å². The molecule has 0 radical (unpaired) electrons. The molecular weight excluding hydrogens is 1170 g/mol. The molecule has 17 rings (SSSR count). The topological polar surface area (TPSA) is 63.0 Å². The summed E-state index contributed by atoms with van der Waals surface area (Å²) in [5, 5.41) is 2.42. The number of anilines is 6. The van der Waals surface area contributed by atoms with Crippen LogP contribution in [0.1, 0.15) is 52.7 Å². The normalized spacial score (nSPS) is 12.6. The van der Waals surface area contributed by atoms with Crippen LogP contribution in [0.15, 0.2) is 303 Å². The number of para-hydroxylation sites is 3. The standard InChI is InChI=1S/C88H68BN7/c1-87(2,3)64-44-49-77-68(53-64)69-54-65(88(4,5)6)45-50-78(69)96(77)79-48-43-62(75-55-73(58-25-11-7-12-26-58)90-85(92-75)60-29-15-9-16-30-60)52-70(79)76-56-74(59-27-13-8-14-28-59)91-86(93-76)63-32-23-31-61(51-63)57-41-46-67(47-42-57)95-81-38-22-20-36-72(81)89-71-35-19-21-37-80(71)94(66-33-17-10-18-34-66)82-39-24-40-83(95)84(82)89/h7-56H,1-6H3. The molecule has 458 valence electrons. The van der Waals surface area contributed by atoms with Crippen molar-refractivity contribution < 1.29 is 0 Å². The fraction of sp³-hybridized carbons (Fsp3) is 0.0909. The van der Waals surface area contributed by atoms with E-state index < -0.39 is 0 Å². The fourth-order valence-corrected chi connectivity index (χ4v) is 14.5. The van der Waals surface area contributed by atoms with Crippen molar-refractivity contribution in [3.8, 4) is 84.6 Å². The minimum absolute atomic E-state index is 0.0640. The Labute approximate surface area is 561 Å². The van der Waals surface area contributed by atoms with Crippen LogP contribution in [0, 0.1) is 0 Å². The number of hydrogen-bond acceptors (Lipinski definition) is 6. The first kappa shape index (κ1) is 58.1. The minimum Gasteiger partial charge on any atom is -0.311 e. The highest BCUT2D eigenvalue weighted by Crippen LogP contribution is 2.46. The lowest BCUT2D eigenvalue weighted by Crippen LogP contribution is -2.61. The number of hydrogen-bond donors (Lipinski definition) is 0. The van der Waals surface area contributed by atoms with Gasteiger partial charge in [-0.3, -0.25) is 0 Å². The van der Waals surface area contributed by atoms with E-state index in [-0.39, 0.29) is 17.5 Å². The van der Waals surface area contributed by atoms with Crippen LogP contribution < -0.4 is 26.2 Å². The van der Waals surface area contributed by atoms with Gasteiger partial charge in [-0.25, -0.2) is 19.9 Å². The Morgan fingerprint density at radius 3 is 1.25 bits per heavy atom. The van der Waals surface area contributed by atoms with Gasteiger partial charge >= 0.3 is 0 Å². The molecule has 0 saturated carbocycles. The molecular formula is C88H68BN7. The first-order valence-corrected chi connectivity index (χ1v) is 33.2.